The van der Waals surface area contributed by atoms with E-state index in [-0.39, 0.29) is 36.4 Å². The van der Waals surface area contributed by atoms with Crippen LogP contribution in [0.5, 0.6) is 11.5 Å². The molecule has 0 spiro atoms. The van der Waals surface area contributed by atoms with Crippen LogP contribution in [-0.2, 0) is 24.3 Å². The first-order valence-corrected chi connectivity index (χ1v) is 9.64. The second-order valence-electron chi connectivity index (χ2n) is 6.79. The molecule has 1 aliphatic rings. The van der Waals surface area contributed by atoms with Crippen LogP contribution in [0.2, 0.25) is 0 Å². The van der Waals surface area contributed by atoms with Crippen LogP contribution in [0.25, 0.3) is 0 Å². The van der Waals surface area contributed by atoms with Gasteiger partial charge in [-0.3, -0.25) is 9.79 Å². The molecule has 30 heavy (non-hydrogen) atoms. The maximum absolute atomic E-state index is 12.6. The summed E-state index contributed by atoms with van der Waals surface area (Å²) in [6.07, 6.45) is 0.895. The van der Waals surface area contributed by atoms with E-state index in [1.165, 1.54) is 11.1 Å². The van der Waals surface area contributed by atoms with E-state index in [1.807, 2.05) is 35.2 Å². The highest BCUT2D eigenvalue weighted by atomic mass is 127. The summed E-state index contributed by atoms with van der Waals surface area (Å²) < 4.78 is 10.6. The van der Waals surface area contributed by atoms with E-state index in [0.29, 0.717) is 19.0 Å². The summed E-state index contributed by atoms with van der Waals surface area (Å²) in [4.78, 5) is 18.7. The van der Waals surface area contributed by atoms with Crippen LogP contribution in [0.15, 0.2) is 47.5 Å². The molecule has 0 radical (unpaired) electrons. The summed E-state index contributed by atoms with van der Waals surface area (Å²) in [6, 6.07) is 13.9. The number of aliphatic imine (C=N–C) groups is 1. The van der Waals surface area contributed by atoms with E-state index in [4.69, 9.17) is 9.47 Å². The molecule has 1 heterocycles. The summed E-state index contributed by atoms with van der Waals surface area (Å²) in [5, 5.41) is 6.32. The standard InChI is InChI=1S/C22H28N4O3.HI/c1-23-22(24-13-17-8-9-19(28-2)12-20(17)29-3)25-14-21(27)26-11-10-16-6-4-5-7-18(16)15-26;/h4-9,12H,10-11,13-15H2,1-3H3,(H2,23,24,25);1H. The number of guanidine groups is 1. The molecule has 2 aromatic carbocycles. The Morgan fingerprint density at radius 2 is 1.87 bits per heavy atom. The number of hydrogen-bond acceptors (Lipinski definition) is 4. The molecule has 0 atom stereocenters. The maximum Gasteiger partial charge on any atom is 0.242 e. The number of hydrogen-bond donors (Lipinski definition) is 2. The fourth-order valence-corrected chi connectivity index (χ4v) is 3.38. The van der Waals surface area contributed by atoms with Gasteiger partial charge >= 0.3 is 0 Å². The number of fused-ring (bicyclic) bond motifs is 1. The van der Waals surface area contributed by atoms with Crippen molar-refractivity contribution in [2.75, 3.05) is 34.4 Å². The zero-order valence-corrected chi connectivity index (χ0v) is 19.9. The molecule has 0 saturated carbocycles. The second kappa shape index (κ2) is 11.6. The lowest BCUT2D eigenvalue weighted by Crippen LogP contribution is -2.45. The van der Waals surface area contributed by atoms with Crippen molar-refractivity contribution in [2.45, 2.75) is 19.5 Å². The Morgan fingerprint density at radius 1 is 1.10 bits per heavy atom. The quantitative estimate of drug-likeness (QED) is 0.345. The fraction of sp³-hybridized carbons (Fsp3) is 0.364. The molecule has 3 rings (SSSR count). The van der Waals surface area contributed by atoms with Gasteiger partial charge in [-0.1, -0.05) is 24.3 Å². The molecule has 1 amide bonds. The summed E-state index contributed by atoms with van der Waals surface area (Å²) in [7, 11) is 4.93. The van der Waals surface area contributed by atoms with Gasteiger partial charge in [0.1, 0.15) is 11.5 Å². The topological polar surface area (TPSA) is 75.2 Å². The van der Waals surface area contributed by atoms with E-state index in [2.05, 4.69) is 27.8 Å². The first kappa shape index (κ1) is 23.8. The minimum absolute atomic E-state index is 0. The molecule has 0 saturated heterocycles. The van der Waals surface area contributed by atoms with Gasteiger partial charge in [0.2, 0.25) is 5.91 Å². The third kappa shape index (κ3) is 6.01. The van der Waals surface area contributed by atoms with Gasteiger partial charge in [-0.15, -0.1) is 24.0 Å². The SMILES string of the molecule is CN=C(NCC(=O)N1CCc2ccccc2C1)NCc1ccc(OC)cc1OC.I. The zero-order chi connectivity index (χ0) is 20.6. The number of ether oxygens (including phenoxy) is 2. The number of methoxy groups -OCH3 is 2. The molecular formula is C22H29IN4O3. The van der Waals surface area contributed by atoms with Gasteiger partial charge in [0.25, 0.3) is 0 Å². The van der Waals surface area contributed by atoms with Crippen molar-refractivity contribution in [1.82, 2.24) is 15.5 Å². The Morgan fingerprint density at radius 3 is 2.57 bits per heavy atom. The largest absolute Gasteiger partial charge is 0.497 e. The van der Waals surface area contributed by atoms with Crippen LogP contribution >= 0.6 is 24.0 Å². The van der Waals surface area contributed by atoms with Gasteiger partial charge in [-0.2, -0.15) is 0 Å². The molecule has 162 valence electrons. The number of benzene rings is 2. The van der Waals surface area contributed by atoms with Crippen molar-refractivity contribution in [3.8, 4) is 11.5 Å². The molecule has 0 aliphatic carbocycles. The molecule has 0 bridgehead atoms. The average Bonchev–Trinajstić information content (AvgIpc) is 2.78. The van der Waals surface area contributed by atoms with Gasteiger partial charge < -0.3 is 25.0 Å². The first-order chi connectivity index (χ1) is 14.1. The summed E-state index contributed by atoms with van der Waals surface area (Å²) in [5.74, 6) is 2.09. The van der Waals surface area contributed by atoms with Crippen molar-refractivity contribution in [3.05, 3.63) is 59.2 Å². The maximum atomic E-state index is 12.6. The van der Waals surface area contributed by atoms with Gasteiger partial charge in [0, 0.05) is 38.3 Å². The minimum atomic E-state index is 0. The third-order valence-electron chi connectivity index (χ3n) is 5.05. The number of rotatable bonds is 6. The lowest BCUT2D eigenvalue weighted by Gasteiger charge is -2.29. The van der Waals surface area contributed by atoms with E-state index in [1.54, 1.807) is 21.3 Å². The van der Waals surface area contributed by atoms with Crippen LogP contribution in [0.3, 0.4) is 0 Å². The molecule has 0 fully saturated rings. The number of carbonyl (C=O) groups is 1. The van der Waals surface area contributed by atoms with Crippen molar-refractivity contribution in [1.29, 1.82) is 0 Å². The normalized spacial score (nSPS) is 13.0. The Kier molecular flexibility index (Phi) is 9.22. The lowest BCUT2D eigenvalue weighted by molar-refractivity contribution is -0.130. The Bertz CT molecular complexity index is 888. The minimum Gasteiger partial charge on any atom is -0.497 e. The van der Waals surface area contributed by atoms with Gasteiger partial charge in [0.15, 0.2) is 5.96 Å². The summed E-state index contributed by atoms with van der Waals surface area (Å²) in [5.41, 5.74) is 3.52. The second-order valence-corrected chi connectivity index (χ2v) is 6.79. The van der Waals surface area contributed by atoms with Crippen molar-refractivity contribution in [3.63, 3.8) is 0 Å². The smallest absolute Gasteiger partial charge is 0.242 e. The number of halogens is 1. The van der Waals surface area contributed by atoms with Gasteiger partial charge in [0.05, 0.1) is 20.8 Å². The molecular weight excluding hydrogens is 495 g/mol. The zero-order valence-electron chi connectivity index (χ0n) is 17.6. The van der Waals surface area contributed by atoms with Gasteiger partial charge in [-0.05, 0) is 29.7 Å². The van der Waals surface area contributed by atoms with Crippen LogP contribution in [0.4, 0.5) is 0 Å². The number of carbonyl (C=O) groups excluding carboxylic acids is 1. The Labute approximate surface area is 194 Å². The highest BCUT2D eigenvalue weighted by Gasteiger charge is 2.20. The van der Waals surface area contributed by atoms with Crippen LogP contribution in [-0.4, -0.2) is 51.1 Å². The predicted octanol–water partition coefficient (Wildman–Crippen LogP) is 2.57. The first-order valence-electron chi connectivity index (χ1n) is 9.64. The van der Waals surface area contributed by atoms with Crippen LogP contribution in [0.1, 0.15) is 16.7 Å². The average molecular weight is 524 g/mol. The molecule has 2 N–H and O–H groups in total. The van der Waals surface area contributed by atoms with Crippen molar-refractivity contribution in [2.24, 2.45) is 4.99 Å². The lowest BCUT2D eigenvalue weighted by atomic mass is 10.00. The number of nitrogens with zero attached hydrogens (tertiary/aromatic N) is 2. The highest BCUT2D eigenvalue weighted by Crippen LogP contribution is 2.24. The fourth-order valence-electron chi connectivity index (χ4n) is 3.38. The number of amides is 1. The van der Waals surface area contributed by atoms with Gasteiger partial charge in [-0.25, -0.2) is 0 Å². The summed E-state index contributed by atoms with van der Waals surface area (Å²) in [6.45, 7) is 2.11. The van der Waals surface area contributed by atoms with E-state index < -0.39 is 0 Å². The highest BCUT2D eigenvalue weighted by molar-refractivity contribution is 14.0. The monoisotopic (exact) mass is 524 g/mol. The molecule has 1 aliphatic heterocycles. The number of nitrogens with one attached hydrogen (secondary N) is 2. The van der Waals surface area contributed by atoms with E-state index in [9.17, 15) is 4.79 Å². The molecule has 8 heteroatoms. The van der Waals surface area contributed by atoms with E-state index in [0.717, 1.165) is 30.0 Å². The Balaban J connectivity index is 0.00000320. The molecule has 7 nitrogen and oxygen atoms in total. The van der Waals surface area contributed by atoms with Crippen molar-refractivity contribution < 1.29 is 14.3 Å². The summed E-state index contributed by atoms with van der Waals surface area (Å²) >= 11 is 0. The molecule has 2 aromatic rings. The Hall–Kier alpha value is -2.49. The molecule has 0 unspecified atom stereocenters. The predicted molar refractivity (Wildman–Crippen MR) is 129 cm³/mol. The molecule has 0 aromatic heterocycles. The third-order valence-corrected chi connectivity index (χ3v) is 5.05. The van der Waals surface area contributed by atoms with E-state index >= 15 is 0 Å². The van der Waals surface area contributed by atoms with Crippen molar-refractivity contribution >= 4 is 35.8 Å². The van der Waals surface area contributed by atoms with Crippen LogP contribution in [0, 0.1) is 0 Å². The van der Waals surface area contributed by atoms with Crippen LogP contribution < -0.4 is 20.1 Å².